The molecule has 3 N–H and O–H groups in total. The van der Waals surface area contributed by atoms with Gasteiger partial charge >= 0.3 is 0 Å². The van der Waals surface area contributed by atoms with E-state index in [4.69, 9.17) is 5.73 Å². The minimum Gasteiger partial charge on any atom is -0.320 e. The van der Waals surface area contributed by atoms with Crippen molar-refractivity contribution in [2.45, 2.75) is 18.9 Å². The highest BCUT2D eigenvalue weighted by Gasteiger charge is 2.20. The van der Waals surface area contributed by atoms with Gasteiger partial charge in [-0.3, -0.25) is 9.78 Å². The van der Waals surface area contributed by atoms with E-state index in [1.165, 1.54) is 0 Å². The zero-order valence-electron chi connectivity index (χ0n) is 7.03. The van der Waals surface area contributed by atoms with Gasteiger partial charge in [0.1, 0.15) is 0 Å². The number of nitrogens with two attached hydrogens (primary N) is 1. The Labute approximate surface area is 75.4 Å². The number of aromatic nitrogens is 2. The van der Waals surface area contributed by atoms with Gasteiger partial charge in [-0.1, -0.05) is 0 Å². The fourth-order valence-electron chi connectivity index (χ4n) is 1.29. The highest BCUT2D eigenvalue weighted by molar-refractivity contribution is 5.94. The van der Waals surface area contributed by atoms with Gasteiger partial charge in [-0.05, 0) is 12.8 Å². The fraction of sp³-hybridized carbons (Fsp3) is 0.375. The van der Waals surface area contributed by atoms with Gasteiger partial charge in [0.05, 0.1) is 11.7 Å². The van der Waals surface area contributed by atoms with Gasteiger partial charge in [-0.15, -0.1) is 0 Å². The molecule has 1 atom stereocenters. The molecule has 0 saturated carbocycles. The largest absolute Gasteiger partial charge is 0.320 e. The summed E-state index contributed by atoms with van der Waals surface area (Å²) in [5.41, 5.74) is 6.40. The van der Waals surface area contributed by atoms with Crippen molar-refractivity contribution in [1.82, 2.24) is 9.97 Å². The second kappa shape index (κ2) is 3.10. The Morgan fingerprint density at radius 1 is 1.46 bits per heavy atom. The van der Waals surface area contributed by atoms with Crippen LogP contribution in [0.4, 0.5) is 5.82 Å². The van der Waals surface area contributed by atoms with E-state index in [2.05, 4.69) is 15.3 Å². The minimum absolute atomic E-state index is 0.181. The standard InChI is InChI=1S/C8H10N4O/c9-5-1-2-6-7(12-8(5)13)11-4-3-10-6/h3-5H,1-2,9H2,(H,11,12,13). The number of hydrogen-bond donors (Lipinski definition) is 2. The molecule has 0 aliphatic carbocycles. The molecule has 0 spiro atoms. The quantitative estimate of drug-likeness (QED) is 0.571. The second-order valence-corrected chi connectivity index (χ2v) is 2.99. The second-order valence-electron chi connectivity index (χ2n) is 2.99. The van der Waals surface area contributed by atoms with E-state index < -0.39 is 6.04 Å². The fourth-order valence-corrected chi connectivity index (χ4v) is 1.29. The summed E-state index contributed by atoms with van der Waals surface area (Å²) < 4.78 is 0. The summed E-state index contributed by atoms with van der Waals surface area (Å²) in [6.45, 7) is 0. The first-order valence-corrected chi connectivity index (χ1v) is 4.13. The van der Waals surface area contributed by atoms with Gasteiger partial charge in [0, 0.05) is 12.4 Å². The number of nitrogens with zero attached hydrogens (tertiary/aromatic N) is 2. The van der Waals surface area contributed by atoms with Crippen LogP contribution in [-0.4, -0.2) is 21.9 Å². The van der Waals surface area contributed by atoms with E-state index in [9.17, 15) is 4.79 Å². The maximum atomic E-state index is 11.3. The van der Waals surface area contributed by atoms with Crippen LogP contribution < -0.4 is 11.1 Å². The molecule has 5 heteroatoms. The van der Waals surface area contributed by atoms with Crippen LogP contribution in [0.15, 0.2) is 12.4 Å². The molecule has 0 aromatic carbocycles. The van der Waals surface area contributed by atoms with Crippen molar-refractivity contribution in [3.05, 3.63) is 18.1 Å². The number of amides is 1. The van der Waals surface area contributed by atoms with Crippen LogP contribution >= 0.6 is 0 Å². The van der Waals surface area contributed by atoms with Gasteiger partial charge in [-0.2, -0.15) is 0 Å². The monoisotopic (exact) mass is 178 g/mol. The molecular weight excluding hydrogens is 168 g/mol. The average Bonchev–Trinajstić information content (AvgIpc) is 2.28. The lowest BCUT2D eigenvalue weighted by atomic mass is 10.1. The van der Waals surface area contributed by atoms with Crippen molar-refractivity contribution in [1.29, 1.82) is 0 Å². The molecule has 0 bridgehead atoms. The smallest absolute Gasteiger partial charge is 0.242 e. The van der Waals surface area contributed by atoms with Crippen LogP contribution in [0, 0.1) is 0 Å². The van der Waals surface area contributed by atoms with Gasteiger partial charge in [0.2, 0.25) is 5.91 Å². The Bertz CT molecular complexity index is 339. The van der Waals surface area contributed by atoms with Crippen molar-refractivity contribution in [2.24, 2.45) is 5.73 Å². The van der Waals surface area contributed by atoms with Crippen molar-refractivity contribution < 1.29 is 4.79 Å². The van der Waals surface area contributed by atoms with Crippen molar-refractivity contribution in [3.8, 4) is 0 Å². The van der Waals surface area contributed by atoms with Crippen LogP contribution in [0.5, 0.6) is 0 Å². The lowest BCUT2D eigenvalue weighted by Crippen LogP contribution is -2.34. The van der Waals surface area contributed by atoms with Crippen LogP contribution in [0.3, 0.4) is 0 Å². The van der Waals surface area contributed by atoms with E-state index in [-0.39, 0.29) is 5.91 Å². The summed E-state index contributed by atoms with van der Waals surface area (Å²) in [4.78, 5) is 19.4. The predicted molar refractivity (Wildman–Crippen MR) is 47.0 cm³/mol. The molecule has 1 aromatic rings. The van der Waals surface area contributed by atoms with Gasteiger partial charge in [0.25, 0.3) is 0 Å². The molecule has 0 fully saturated rings. The summed E-state index contributed by atoms with van der Waals surface area (Å²) in [6, 6.07) is -0.448. The minimum atomic E-state index is -0.448. The number of carbonyl (C=O) groups is 1. The van der Waals surface area contributed by atoms with Crippen LogP contribution in [0.2, 0.25) is 0 Å². The number of nitrogens with one attached hydrogen (secondary N) is 1. The predicted octanol–water partition coefficient (Wildman–Crippen LogP) is -0.311. The Morgan fingerprint density at radius 2 is 2.23 bits per heavy atom. The van der Waals surface area contributed by atoms with Gasteiger partial charge in [-0.25, -0.2) is 4.98 Å². The molecule has 13 heavy (non-hydrogen) atoms. The third-order valence-electron chi connectivity index (χ3n) is 2.04. The summed E-state index contributed by atoms with van der Waals surface area (Å²) >= 11 is 0. The van der Waals surface area contributed by atoms with Crippen LogP contribution in [-0.2, 0) is 11.2 Å². The first kappa shape index (κ1) is 8.12. The molecule has 1 amide bonds. The summed E-state index contributed by atoms with van der Waals surface area (Å²) in [6.07, 6.45) is 4.48. The maximum Gasteiger partial charge on any atom is 0.242 e. The van der Waals surface area contributed by atoms with E-state index >= 15 is 0 Å². The van der Waals surface area contributed by atoms with Crippen molar-refractivity contribution in [3.63, 3.8) is 0 Å². The summed E-state index contributed by atoms with van der Waals surface area (Å²) in [5.74, 6) is 0.361. The zero-order chi connectivity index (χ0) is 9.26. The topological polar surface area (TPSA) is 80.9 Å². The van der Waals surface area contributed by atoms with E-state index in [1.54, 1.807) is 12.4 Å². The molecule has 1 aliphatic rings. The molecule has 2 heterocycles. The molecule has 1 aromatic heterocycles. The Balaban J connectivity index is 2.35. The first-order valence-electron chi connectivity index (χ1n) is 4.13. The molecule has 5 nitrogen and oxygen atoms in total. The van der Waals surface area contributed by atoms with Crippen LogP contribution in [0.25, 0.3) is 0 Å². The molecule has 0 radical (unpaired) electrons. The normalized spacial score (nSPS) is 21.6. The van der Waals surface area contributed by atoms with Crippen LogP contribution in [0.1, 0.15) is 12.1 Å². The Kier molecular flexibility index (Phi) is 1.94. The average molecular weight is 178 g/mol. The lowest BCUT2D eigenvalue weighted by molar-refractivity contribution is -0.117. The lowest BCUT2D eigenvalue weighted by Gasteiger charge is -2.04. The first-order chi connectivity index (χ1) is 6.27. The summed E-state index contributed by atoms with van der Waals surface area (Å²) in [7, 11) is 0. The maximum absolute atomic E-state index is 11.3. The summed E-state index contributed by atoms with van der Waals surface area (Å²) in [5, 5.41) is 2.63. The molecule has 1 unspecified atom stereocenters. The zero-order valence-corrected chi connectivity index (χ0v) is 7.03. The highest BCUT2D eigenvalue weighted by Crippen LogP contribution is 2.15. The van der Waals surface area contributed by atoms with Gasteiger partial charge < -0.3 is 11.1 Å². The molecule has 0 saturated heterocycles. The Morgan fingerprint density at radius 3 is 3.08 bits per heavy atom. The SMILES string of the molecule is NC1CCc2nccnc2NC1=O. The highest BCUT2D eigenvalue weighted by atomic mass is 16.2. The van der Waals surface area contributed by atoms with E-state index in [1.807, 2.05) is 0 Å². The Hall–Kier alpha value is -1.49. The number of aryl methyl sites for hydroxylation is 1. The van der Waals surface area contributed by atoms with Gasteiger partial charge in [0.15, 0.2) is 5.82 Å². The number of anilines is 1. The number of carbonyl (C=O) groups excluding carboxylic acids is 1. The van der Waals surface area contributed by atoms with E-state index in [0.717, 1.165) is 5.69 Å². The number of hydrogen-bond acceptors (Lipinski definition) is 4. The number of fused-ring (bicyclic) bond motifs is 1. The van der Waals surface area contributed by atoms with E-state index in [0.29, 0.717) is 18.7 Å². The molecule has 1 aliphatic heterocycles. The molecule has 68 valence electrons. The molecule has 2 rings (SSSR count). The van der Waals surface area contributed by atoms with Crippen molar-refractivity contribution >= 4 is 11.7 Å². The third kappa shape index (κ3) is 1.50. The third-order valence-corrected chi connectivity index (χ3v) is 2.04. The molecular formula is C8H10N4O. The van der Waals surface area contributed by atoms with Crippen molar-refractivity contribution in [2.75, 3.05) is 5.32 Å². The number of rotatable bonds is 0.